The van der Waals surface area contributed by atoms with Crippen LogP contribution in [-0.2, 0) is 11.9 Å². The Kier molecular flexibility index (Phi) is 6.63. The van der Waals surface area contributed by atoms with Crippen molar-refractivity contribution in [1.29, 1.82) is 0 Å². The predicted octanol–water partition coefficient (Wildman–Crippen LogP) is 6.94. The molecule has 2 saturated heterocycles. The Morgan fingerprint density at radius 2 is 1.68 bits per heavy atom. The average molecular weight is 542 g/mol. The van der Waals surface area contributed by atoms with Crippen molar-refractivity contribution in [3.63, 3.8) is 0 Å². The second-order valence-corrected chi connectivity index (χ2v) is 10.9. The topological polar surface area (TPSA) is 48.0 Å². The van der Waals surface area contributed by atoms with Gasteiger partial charge in [0, 0.05) is 47.2 Å². The second-order valence-electron chi connectivity index (χ2n) is 9.83. The van der Waals surface area contributed by atoms with E-state index >= 15 is 0 Å². The Bertz CT molecular complexity index is 1320. The van der Waals surface area contributed by atoms with Crippen LogP contribution in [0.2, 0.25) is 0 Å². The number of halogens is 3. The van der Waals surface area contributed by atoms with Gasteiger partial charge in [-0.25, -0.2) is 0 Å². The maximum atomic E-state index is 13.4. The molecule has 3 heterocycles. The second kappa shape index (κ2) is 10.1. The Morgan fingerprint density at radius 1 is 0.947 bits per heavy atom. The first-order valence-electron chi connectivity index (χ1n) is 12.6. The number of hydrogen-bond donors (Lipinski definition) is 0. The van der Waals surface area contributed by atoms with E-state index < -0.39 is 11.7 Å². The first-order chi connectivity index (χ1) is 18.3. The van der Waals surface area contributed by atoms with Crippen molar-refractivity contribution in [2.75, 3.05) is 6.79 Å². The number of thioether (sulfide) groups is 1. The molecule has 0 aliphatic carbocycles. The fraction of sp³-hybridized carbons (Fsp3) is 0.345. The quantitative estimate of drug-likeness (QED) is 0.317. The highest BCUT2D eigenvalue weighted by atomic mass is 32.2. The number of rotatable bonds is 6. The van der Waals surface area contributed by atoms with Gasteiger partial charge in [-0.2, -0.15) is 13.2 Å². The van der Waals surface area contributed by atoms with E-state index in [1.165, 1.54) is 17.8 Å². The number of piperidine rings is 1. The number of hydrogen-bond acceptors (Lipinski definition) is 5. The van der Waals surface area contributed by atoms with Crippen molar-refractivity contribution in [1.82, 2.24) is 4.90 Å². The number of carbonyl (C=O) groups is 1. The third-order valence-corrected chi connectivity index (χ3v) is 8.40. The summed E-state index contributed by atoms with van der Waals surface area (Å²) in [4.78, 5) is 16.0. The van der Waals surface area contributed by atoms with Gasteiger partial charge >= 0.3 is 6.18 Å². The Morgan fingerprint density at radius 3 is 2.42 bits per heavy atom. The highest BCUT2D eigenvalue weighted by Gasteiger charge is 2.44. The molecule has 3 aromatic carbocycles. The number of carbonyl (C=O) groups excluding carboxylic acids is 1. The summed E-state index contributed by atoms with van der Waals surface area (Å²) in [5.41, 5.74) is 0.927. The standard InChI is InChI=1S/C29H26F3NO4S/c30-29(31,32)20-2-1-3-25(12-20)38-16-18-4-6-19(7-5-18)28(34)33-21-8-9-22(33)14-24(13-21)37-23-10-11-26-27(15-23)36-17-35-26/h1-7,10-12,15,21-22,24H,8-9,13-14,16-17H2/t21-,22-/m0/s1. The highest BCUT2D eigenvalue weighted by Crippen LogP contribution is 2.40. The van der Waals surface area contributed by atoms with Crippen LogP contribution in [0.15, 0.2) is 71.6 Å². The van der Waals surface area contributed by atoms with E-state index in [2.05, 4.69) is 0 Å². The van der Waals surface area contributed by atoms with Gasteiger partial charge in [0.25, 0.3) is 5.91 Å². The highest BCUT2D eigenvalue weighted by molar-refractivity contribution is 7.98. The number of nitrogens with zero attached hydrogens (tertiary/aromatic N) is 1. The molecule has 0 spiro atoms. The molecule has 2 bridgehead atoms. The van der Waals surface area contributed by atoms with Crippen molar-refractivity contribution < 1.29 is 32.2 Å². The van der Waals surface area contributed by atoms with E-state index in [9.17, 15) is 18.0 Å². The summed E-state index contributed by atoms with van der Waals surface area (Å²) >= 11 is 1.34. The van der Waals surface area contributed by atoms with Gasteiger partial charge in [-0.05, 0) is 60.9 Å². The number of benzene rings is 3. The van der Waals surface area contributed by atoms with Crippen molar-refractivity contribution in [3.05, 3.63) is 83.4 Å². The largest absolute Gasteiger partial charge is 0.490 e. The molecule has 9 heteroatoms. The fourth-order valence-corrected chi connectivity index (χ4v) is 6.43. The molecular formula is C29H26F3NO4S. The molecule has 1 amide bonds. The molecule has 0 N–H and O–H groups in total. The zero-order chi connectivity index (χ0) is 26.3. The van der Waals surface area contributed by atoms with Gasteiger partial charge in [0.05, 0.1) is 5.56 Å². The molecule has 0 unspecified atom stereocenters. The van der Waals surface area contributed by atoms with Crippen LogP contribution in [0, 0.1) is 0 Å². The smallest absolute Gasteiger partial charge is 0.416 e. The Labute approximate surface area is 222 Å². The molecule has 2 fully saturated rings. The number of fused-ring (bicyclic) bond motifs is 3. The SMILES string of the molecule is O=C(c1ccc(CSc2cccc(C(F)(F)F)c2)cc1)N1[C@H]2CC[C@H]1CC(Oc1ccc3c(c1)OCO3)C2. The van der Waals surface area contributed by atoms with Crippen molar-refractivity contribution in [3.8, 4) is 17.2 Å². The molecule has 5 nitrogen and oxygen atoms in total. The average Bonchev–Trinajstić information content (AvgIpc) is 3.48. The molecule has 3 aromatic rings. The molecule has 0 saturated carbocycles. The fourth-order valence-electron chi connectivity index (χ4n) is 5.52. The van der Waals surface area contributed by atoms with Gasteiger partial charge < -0.3 is 19.1 Å². The number of amides is 1. The molecule has 2 atom stereocenters. The predicted molar refractivity (Wildman–Crippen MR) is 137 cm³/mol. The third-order valence-electron chi connectivity index (χ3n) is 7.34. The van der Waals surface area contributed by atoms with Crippen molar-refractivity contribution in [2.24, 2.45) is 0 Å². The first-order valence-corrected chi connectivity index (χ1v) is 13.6. The molecule has 0 radical (unpaired) electrons. The monoisotopic (exact) mass is 541 g/mol. The molecule has 198 valence electrons. The summed E-state index contributed by atoms with van der Waals surface area (Å²) in [6.45, 7) is 0.221. The zero-order valence-corrected chi connectivity index (χ0v) is 21.3. The molecule has 0 aromatic heterocycles. The maximum Gasteiger partial charge on any atom is 0.416 e. The minimum absolute atomic E-state index is 0.0242. The van der Waals surface area contributed by atoms with Crippen LogP contribution in [0.25, 0.3) is 0 Å². The molecule has 3 aliphatic rings. The summed E-state index contributed by atoms with van der Waals surface area (Å²) in [7, 11) is 0. The van der Waals surface area contributed by atoms with Gasteiger partial charge in [-0.1, -0.05) is 18.2 Å². The zero-order valence-electron chi connectivity index (χ0n) is 20.4. The van der Waals surface area contributed by atoms with Crippen LogP contribution in [-0.4, -0.2) is 35.8 Å². The Balaban J connectivity index is 1.06. The summed E-state index contributed by atoms with van der Waals surface area (Å²) in [5, 5.41) is 0. The van der Waals surface area contributed by atoms with Gasteiger partial charge in [-0.3, -0.25) is 4.79 Å². The van der Waals surface area contributed by atoms with E-state index in [-0.39, 0.29) is 30.9 Å². The van der Waals surface area contributed by atoms with Crippen molar-refractivity contribution in [2.45, 2.75) is 60.7 Å². The Hall–Kier alpha value is -3.33. The molecule has 3 aliphatic heterocycles. The molecule has 6 rings (SSSR count). The summed E-state index contributed by atoms with van der Waals surface area (Å²) in [5.74, 6) is 2.70. The van der Waals surface area contributed by atoms with Crippen molar-refractivity contribution >= 4 is 17.7 Å². The summed E-state index contributed by atoms with van der Waals surface area (Å²) in [6.07, 6.45) is -0.839. The van der Waals surface area contributed by atoms with Crippen LogP contribution in [0.3, 0.4) is 0 Å². The van der Waals surface area contributed by atoms with Crippen LogP contribution in [0.1, 0.15) is 47.2 Å². The van der Waals surface area contributed by atoms with Gasteiger partial charge in [-0.15, -0.1) is 11.8 Å². The third kappa shape index (κ3) is 5.16. The van der Waals surface area contributed by atoms with E-state index in [0.29, 0.717) is 22.0 Å². The van der Waals surface area contributed by atoms with Crippen LogP contribution in [0.4, 0.5) is 13.2 Å². The number of ether oxygens (including phenoxy) is 3. The lowest BCUT2D eigenvalue weighted by Gasteiger charge is -2.39. The van der Waals surface area contributed by atoms with Crippen LogP contribution >= 0.6 is 11.8 Å². The van der Waals surface area contributed by atoms with E-state index in [4.69, 9.17) is 14.2 Å². The summed E-state index contributed by atoms with van der Waals surface area (Å²) in [6, 6.07) is 18.6. The number of alkyl halides is 3. The van der Waals surface area contributed by atoms with Gasteiger partial charge in [0.1, 0.15) is 11.9 Å². The first kappa shape index (κ1) is 25.0. The lowest BCUT2D eigenvalue weighted by molar-refractivity contribution is -0.137. The normalized spacial score (nSPS) is 22.0. The van der Waals surface area contributed by atoms with E-state index in [0.717, 1.165) is 54.9 Å². The van der Waals surface area contributed by atoms with Crippen LogP contribution in [0.5, 0.6) is 17.2 Å². The molecular weight excluding hydrogens is 515 g/mol. The lowest BCUT2D eigenvalue weighted by atomic mass is 9.98. The minimum atomic E-state index is -4.36. The molecule has 38 heavy (non-hydrogen) atoms. The summed E-state index contributed by atoms with van der Waals surface area (Å²) < 4.78 is 56.0. The maximum absolute atomic E-state index is 13.4. The van der Waals surface area contributed by atoms with Gasteiger partial charge in [0.2, 0.25) is 6.79 Å². The minimum Gasteiger partial charge on any atom is -0.490 e. The lowest BCUT2D eigenvalue weighted by Crippen LogP contribution is -2.49. The van der Waals surface area contributed by atoms with Gasteiger partial charge in [0.15, 0.2) is 11.5 Å². The van der Waals surface area contributed by atoms with Crippen LogP contribution < -0.4 is 14.2 Å². The van der Waals surface area contributed by atoms with E-state index in [1.807, 2.05) is 47.4 Å². The van der Waals surface area contributed by atoms with E-state index in [1.54, 1.807) is 6.07 Å².